The Bertz CT molecular complexity index is 1420. The number of anilines is 1. The summed E-state index contributed by atoms with van der Waals surface area (Å²) < 4.78 is 41.3. The first-order chi connectivity index (χ1) is 17.9. The number of nitrogens with zero attached hydrogens (tertiary/aromatic N) is 4. The summed E-state index contributed by atoms with van der Waals surface area (Å²) >= 11 is 0. The quantitative estimate of drug-likeness (QED) is 0.290. The Morgan fingerprint density at radius 1 is 0.973 bits per heavy atom. The lowest BCUT2D eigenvalue weighted by molar-refractivity contribution is 0.0584. The molecule has 0 bridgehead atoms. The molecule has 37 heavy (non-hydrogen) atoms. The van der Waals surface area contributed by atoms with E-state index in [2.05, 4.69) is 32.8 Å². The highest BCUT2D eigenvalue weighted by molar-refractivity contribution is 5.84. The van der Waals surface area contributed by atoms with E-state index >= 15 is 0 Å². The van der Waals surface area contributed by atoms with Crippen LogP contribution in [0.25, 0.3) is 22.2 Å². The van der Waals surface area contributed by atoms with Crippen molar-refractivity contribution in [3.05, 3.63) is 65.3 Å². The van der Waals surface area contributed by atoms with Crippen molar-refractivity contribution >= 4 is 16.7 Å². The molecule has 6 nitrogen and oxygen atoms in total. The number of imidazole rings is 1. The third-order valence-electron chi connectivity index (χ3n) is 8.17. The molecule has 0 amide bonds. The molecule has 2 fully saturated rings. The molecular weight excluding hydrogens is 474 g/mol. The monoisotopic (exact) mass is 506 g/mol. The summed E-state index contributed by atoms with van der Waals surface area (Å²) in [6.07, 6.45) is 6.22. The molecule has 0 N–H and O–H groups in total. The molecule has 0 spiro atoms. The van der Waals surface area contributed by atoms with Crippen LogP contribution in [0.1, 0.15) is 67.9 Å². The van der Waals surface area contributed by atoms with Crippen molar-refractivity contribution in [2.45, 2.75) is 70.6 Å². The van der Waals surface area contributed by atoms with E-state index in [9.17, 15) is 8.78 Å². The number of benzene rings is 2. The average Bonchev–Trinajstić information content (AvgIpc) is 3.62. The summed E-state index contributed by atoms with van der Waals surface area (Å²) in [5.41, 5.74) is 5.62. The van der Waals surface area contributed by atoms with E-state index in [0.717, 1.165) is 84.5 Å². The van der Waals surface area contributed by atoms with Gasteiger partial charge in [0, 0.05) is 37.0 Å². The first-order valence-electron chi connectivity index (χ1n) is 13.1. The Morgan fingerprint density at radius 3 is 2.49 bits per heavy atom. The van der Waals surface area contributed by atoms with Crippen molar-refractivity contribution in [3.63, 3.8) is 0 Å². The van der Waals surface area contributed by atoms with Gasteiger partial charge in [-0.05, 0) is 82.2 Å². The molecule has 1 atom stereocenters. The number of aromatic nitrogens is 3. The van der Waals surface area contributed by atoms with Crippen molar-refractivity contribution in [1.82, 2.24) is 14.7 Å². The van der Waals surface area contributed by atoms with Crippen LogP contribution in [0.2, 0.25) is 0 Å². The number of methoxy groups -OCH3 is 1. The van der Waals surface area contributed by atoms with Crippen LogP contribution in [-0.4, -0.2) is 34.5 Å². The van der Waals surface area contributed by atoms with Gasteiger partial charge < -0.3 is 18.7 Å². The van der Waals surface area contributed by atoms with Gasteiger partial charge in [0.1, 0.15) is 11.6 Å². The third kappa shape index (κ3) is 4.21. The van der Waals surface area contributed by atoms with Crippen LogP contribution >= 0.6 is 0 Å². The van der Waals surface area contributed by atoms with Crippen LogP contribution in [0.3, 0.4) is 0 Å². The molecule has 2 aliphatic rings. The van der Waals surface area contributed by atoms with Gasteiger partial charge in [0.25, 0.3) is 0 Å². The average molecular weight is 507 g/mol. The molecule has 2 aromatic heterocycles. The van der Waals surface area contributed by atoms with E-state index in [1.807, 2.05) is 13.8 Å². The summed E-state index contributed by atoms with van der Waals surface area (Å²) in [5, 5.41) is 4.13. The fourth-order valence-corrected chi connectivity index (χ4v) is 6.33. The fourth-order valence-electron chi connectivity index (χ4n) is 6.33. The number of aryl methyl sites for hydroxylation is 2. The van der Waals surface area contributed by atoms with E-state index in [4.69, 9.17) is 14.2 Å². The minimum absolute atomic E-state index is 0.0140. The number of ether oxygens (including phenoxy) is 1. The largest absolute Gasteiger partial charge is 0.381 e. The second-order valence-electron chi connectivity index (χ2n) is 10.4. The van der Waals surface area contributed by atoms with E-state index in [1.165, 1.54) is 12.1 Å². The van der Waals surface area contributed by atoms with Gasteiger partial charge in [-0.15, -0.1) is 0 Å². The minimum atomic E-state index is -0.825. The summed E-state index contributed by atoms with van der Waals surface area (Å²) in [7, 11) is 1.79. The Kier molecular flexibility index (Phi) is 6.23. The SMILES string of the molecule is CO[C@H]1CC[C@H](n2c([C@@H]3CCCN3c3ccc(F)c(F)c3)nc3cc(-c4c(C)noc4C)ccc32)CC1. The lowest BCUT2D eigenvalue weighted by atomic mass is 9.92. The van der Waals surface area contributed by atoms with Crippen LogP contribution < -0.4 is 4.90 Å². The van der Waals surface area contributed by atoms with Gasteiger partial charge in [-0.1, -0.05) is 11.2 Å². The van der Waals surface area contributed by atoms with E-state index < -0.39 is 11.6 Å². The molecule has 2 aromatic carbocycles. The van der Waals surface area contributed by atoms with Gasteiger partial charge in [0.15, 0.2) is 11.6 Å². The van der Waals surface area contributed by atoms with Gasteiger partial charge in [-0.25, -0.2) is 13.8 Å². The number of fused-ring (bicyclic) bond motifs is 1. The summed E-state index contributed by atoms with van der Waals surface area (Å²) in [6, 6.07) is 10.9. The third-order valence-corrected chi connectivity index (χ3v) is 8.17. The first-order valence-corrected chi connectivity index (χ1v) is 13.1. The smallest absolute Gasteiger partial charge is 0.160 e. The highest BCUT2D eigenvalue weighted by atomic mass is 19.2. The second kappa shape index (κ2) is 9.56. The van der Waals surface area contributed by atoms with Crippen molar-refractivity contribution < 1.29 is 18.0 Å². The molecule has 0 radical (unpaired) electrons. The zero-order valence-corrected chi connectivity index (χ0v) is 21.5. The van der Waals surface area contributed by atoms with Gasteiger partial charge in [-0.2, -0.15) is 0 Å². The maximum Gasteiger partial charge on any atom is 0.160 e. The number of rotatable bonds is 5. The molecule has 194 valence electrons. The molecule has 6 rings (SSSR count). The molecule has 1 aliphatic heterocycles. The summed E-state index contributed by atoms with van der Waals surface area (Å²) in [4.78, 5) is 7.40. The van der Waals surface area contributed by atoms with Gasteiger partial charge in [-0.3, -0.25) is 0 Å². The maximum absolute atomic E-state index is 14.2. The van der Waals surface area contributed by atoms with Crippen molar-refractivity contribution in [2.24, 2.45) is 0 Å². The molecule has 1 aliphatic carbocycles. The first kappa shape index (κ1) is 24.1. The van der Waals surface area contributed by atoms with E-state index in [0.29, 0.717) is 17.8 Å². The highest BCUT2D eigenvalue weighted by Crippen LogP contribution is 2.42. The number of hydrogen-bond acceptors (Lipinski definition) is 5. The van der Waals surface area contributed by atoms with Crippen LogP contribution in [0.15, 0.2) is 40.9 Å². The van der Waals surface area contributed by atoms with Crippen LogP contribution in [-0.2, 0) is 4.74 Å². The van der Waals surface area contributed by atoms with Crippen molar-refractivity contribution in [1.29, 1.82) is 0 Å². The minimum Gasteiger partial charge on any atom is -0.381 e. The lowest BCUT2D eigenvalue weighted by Crippen LogP contribution is -2.28. The Labute approximate surface area is 215 Å². The standard InChI is InChI=1S/C29H32F2N4O2/c1-17-28(18(2)37-33-17)19-6-13-26-25(15-19)32-29(35(26)20-7-10-22(36-3)11-8-20)27-5-4-14-34(27)21-9-12-23(30)24(31)16-21/h6,9,12-13,15-16,20,22,27H,4-5,7-8,10-11,14H2,1-3H3/t20-,22-,27-/m0/s1. The van der Waals surface area contributed by atoms with Crippen molar-refractivity contribution in [3.8, 4) is 11.1 Å². The fraction of sp³-hybridized carbons (Fsp3) is 0.448. The zero-order chi connectivity index (χ0) is 25.7. The molecule has 1 saturated heterocycles. The molecule has 1 saturated carbocycles. The van der Waals surface area contributed by atoms with Gasteiger partial charge in [0.2, 0.25) is 0 Å². The Morgan fingerprint density at radius 2 is 1.78 bits per heavy atom. The summed E-state index contributed by atoms with van der Waals surface area (Å²) in [6.45, 7) is 4.66. The Balaban J connectivity index is 1.46. The highest BCUT2D eigenvalue weighted by Gasteiger charge is 2.34. The van der Waals surface area contributed by atoms with Crippen LogP contribution in [0, 0.1) is 25.5 Å². The maximum atomic E-state index is 14.2. The van der Waals surface area contributed by atoms with E-state index in [-0.39, 0.29) is 6.04 Å². The van der Waals surface area contributed by atoms with Crippen LogP contribution in [0.4, 0.5) is 14.5 Å². The normalized spacial score (nSPS) is 22.3. The van der Waals surface area contributed by atoms with Crippen LogP contribution in [0.5, 0.6) is 0 Å². The van der Waals surface area contributed by atoms with E-state index in [1.54, 1.807) is 13.2 Å². The molecular formula is C29H32F2N4O2. The second-order valence-corrected chi connectivity index (χ2v) is 10.4. The molecule has 0 unspecified atom stereocenters. The zero-order valence-electron chi connectivity index (χ0n) is 21.5. The molecule has 4 aromatic rings. The summed E-state index contributed by atoms with van der Waals surface area (Å²) in [5.74, 6) is 0.135. The predicted octanol–water partition coefficient (Wildman–Crippen LogP) is 7.06. The number of hydrogen-bond donors (Lipinski definition) is 0. The molecule has 8 heteroatoms. The topological polar surface area (TPSA) is 56.3 Å². The van der Waals surface area contributed by atoms with Gasteiger partial charge in [0.05, 0.1) is 28.9 Å². The lowest BCUT2D eigenvalue weighted by Gasteiger charge is -2.33. The molecule has 3 heterocycles. The predicted molar refractivity (Wildman–Crippen MR) is 139 cm³/mol. The van der Waals surface area contributed by atoms with Crippen molar-refractivity contribution in [2.75, 3.05) is 18.6 Å². The number of halogens is 2. The van der Waals surface area contributed by atoms with Gasteiger partial charge >= 0.3 is 0 Å². The Hall–Kier alpha value is -3.26.